The van der Waals surface area contributed by atoms with Crippen molar-refractivity contribution < 1.29 is 4.74 Å². The fourth-order valence-electron chi connectivity index (χ4n) is 2.34. The summed E-state index contributed by atoms with van der Waals surface area (Å²) in [5.74, 6) is 1.03. The minimum absolute atomic E-state index is 0.719. The molecule has 0 aliphatic carbocycles. The van der Waals surface area contributed by atoms with Crippen LogP contribution in [0.25, 0.3) is 0 Å². The van der Waals surface area contributed by atoms with Crippen LogP contribution in [0.2, 0.25) is 0 Å². The smallest absolute Gasteiger partial charge is 0.0967 e. The monoisotopic (exact) mass is 287 g/mol. The van der Waals surface area contributed by atoms with Crippen LogP contribution in [-0.2, 0) is 11.3 Å². The zero-order valence-electron chi connectivity index (χ0n) is 12.8. The van der Waals surface area contributed by atoms with Crippen molar-refractivity contribution >= 4 is 11.5 Å². The third kappa shape index (κ3) is 4.90. The van der Waals surface area contributed by atoms with Crippen molar-refractivity contribution in [3.8, 4) is 0 Å². The normalized spacial score (nSPS) is 15.9. The fourth-order valence-corrected chi connectivity index (χ4v) is 2.34. The summed E-state index contributed by atoms with van der Waals surface area (Å²) in [6, 6.07) is 8.68. The number of hydrogen-bond acceptors (Lipinski definition) is 3. The molecule has 1 aromatic rings. The van der Waals surface area contributed by atoms with E-state index in [1.165, 1.54) is 11.3 Å². The standard InChI is InChI=1S/C17H25N3O/c1-3-4-5-17(18-2)19-14-15-6-8-16(9-7-15)20-10-12-21-13-11-20/h3,6-9H,1,4-5,10-14H2,2H3,(H,18,19). The fraction of sp³-hybridized carbons (Fsp3) is 0.471. The van der Waals surface area contributed by atoms with E-state index in [9.17, 15) is 0 Å². The van der Waals surface area contributed by atoms with Gasteiger partial charge in [0.05, 0.1) is 25.6 Å². The van der Waals surface area contributed by atoms with Crippen LogP contribution in [-0.4, -0.2) is 39.2 Å². The topological polar surface area (TPSA) is 36.9 Å². The summed E-state index contributed by atoms with van der Waals surface area (Å²) in [6.45, 7) is 8.05. The van der Waals surface area contributed by atoms with Gasteiger partial charge in [-0.05, 0) is 24.1 Å². The van der Waals surface area contributed by atoms with Crippen LogP contribution in [0.1, 0.15) is 18.4 Å². The van der Waals surface area contributed by atoms with Gasteiger partial charge in [-0.2, -0.15) is 0 Å². The van der Waals surface area contributed by atoms with Gasteiger partial charge >= 0.3 is 0 Å². The second-order valence-electron chi connectivity index (χ2n) is 5.11. The van der Waals surface area contributed by atoms with Gasteiger partial charge in [-0.1, -0.05) is 18.2 Å². The Bertz CT molecular complexity index is 461. The van der Waals surface area contributed by atoms with E-state index in [0.29, 0.717) is 0 Å². The molecule has 0 spiro atoms. The summed E-state index contributed by atoms with van der Waals surface area (Å²) in [4.78, 5) is 6.98. The summed E-state index contributed by atoms with van der Waals surface area (Å²) in [7, 11) is 1.92. The minimum Gasteiger partial charge on any atom is -0.378 e. The van der Waals surface area contributed by atoms with E-state index < -0.39 is 0 Å². The molecule has 0 saturated carbocycles. The van der Waals surface area contributed by atoms with E-state index in [1.807, 2.05) is 13.1 Å². The minimum atomic E-state index is 0.719. The van der Waals surface area contributed by atoms with Crippen molar-refractivity contribution in [1.29, 1.82) is 0 Å². The number of hydrogen-bond donors (Lipinski definition) is 1. The van der Waals surface area contributed by atoms with E-state index in [-0.39, 0.29) is 0 Å². The number of aliphatic imine (C=N–C) groups is 1. The van der Waals surface area contributed by atoms with Crippen LogP contribution >= 0.6 is 0 Å². The van der Waals surface area contributed by atoms with E-state index in [2.05, 4.69) is 46.1 Å². The Hall–Kier alpha value is -1.81. The second kappa shape index (κ2) is 8.47. The molecule has 0 atom stereocenters. The summed E-state index contributed by atoms with van der Waals surface area (Å²) < 4.78 is 5.38. The van der Waals surface area contributed by atoms with Crippen molar-refractivity contribution in [3.05, 3.63) is 42.5 Å². The number of nitrogens with one attached hydrogen (secondary N) is 1. The lowest BCUT2D eigenvalue weighted by Crippen LogP contribution is -2.36. The van der Waals surface area contributed by atoms with Gasteiger partial charge in [-0.3, -0.25) is 4.99 Å². The van der Waals surface area contributed by atoms with Gasteiger partial charge in [0.2, 0.25) is 0 Å². The van der Waals surface area contributed by atoms with Crippen molar-refractivity contribution in [2.75, 3.05) is 38.3 Å². The van der Waals surface area contributed by atoms with E-state index in [4.69, 9.17) is 4.74 Å². The predicted octanol–water partition coefficient (Wildman–Crippen LogP) is 2.61. The first-order valence-corrected chi connectivity index (χ1v) is 7.57. The van der Waals surface area contributed by atoms with Crippen LogP contribution < -0.4 is 10.2 Å². The SMILES string of the molecule is C=CCC/C(=N\Cc1ccc(N2CCOCC2)cc1)NC. The Morgan fingerprint density at radius 3 is 2.67 bits per heavy atom. The first kappa shape index (κ1) is 15.6. The van der Waals surface area contributed by atoms with Gasteiger partial charge in [-0.25, -0.2) is 0 Å². The molecule has 4 heteroatoms. The molecule has 0 bridgehead atoms. The molecule has 1 heterocycles. The van der Waals surface area contributed by atoms with Crippen LogP contribution in [0, 0.1) is 0 Å². The van der Waals surface area contributed by atoms with Crippen molar-refractivity contribution in [2.45, 2.75) is 19.4 Å². The van der Waals surface area contributed by atoms with Gasteiger partial charge in [0.1, 0.15) is 0 Å². The molecule has 21 heavy (non-hydrogen) atoms. The van der Waals surface area contributed by atoms with E-state index in [0.717, 1.165) is 51.5 Å². The average Bonchev–Trinajstić information content (AvgIpc) is 2.56. The van der Waals surface area contributed by atoms with Crippen LogP contribution in [0.3, 0.4) is 0 Å². The highest BCUT2D eigenvalue weighted by Crippen LogP contribution is 2.17. The number of ether oxygens (including phenoxy) is 1. The number of anilines is 1. The van der Waals surface area contributed by atoms with Gasteiger partial charge < -0.3 is 15.0 Å². The molecule has 4 nitrogen and oxygen atoms in total. The Labute approximate surface area is 127 Å². The molecule has 2 rings (SSSR count). The molecular weight excluding hydrogens is 262 g/mol. The predicted molar refractivity (Wildman–Crippen MR) is 89.1 cm³/mol. The molecular formula is C17H25N3O. The quantitative estimate of drug-likeness (QED) is 0.496. The van der Waals surface area contributed by atoms with Crippen molar-refractivity contribution in [2.24, 2.45) is 4.99 Å². The molecule has 1 aliphatic heterocycles. The number of rotatable bonds is 6. The highest BCUT2D eigenvalue weighted by atomic mass is 16.5. The highest BCUT2D eigenvalue weighted by molar-refractivity contribution is 5.81. The second-order valence-corrected chi connectivity index (χ2v) is 5.11. The molecule has 0 radical (unpaired) electrons. The largest absolute Gasteiger partial charge is 0.378 e. The number of amidine groups is 1. The van der Waals surface area contributed by atoms with Crippen LogP contribution in [0.5, 0.6) is 0 Å². The third-order valence-corrected chi connectivity index (χ3v) is 3.64. The molecule has 0 unspecified atom stereocenters. The van der Waals surface area contributed by atoms with Gasteiger partial charge in [0.15, 0.2) is 0 Å². The first-order valence-electron chi connectivity index (χ1n) is 7.57. The zero-order chi connectivity index (χ0) is 14.9. The summed E-state index contributed by atoms with van der Waals surface area (Å²) in [5, 5.41) is 3.15. The lowest BCUT2D eigenvalue weighted by atomic mass is 10.2. The first-order chi connectivity index (χ1) is 10.3. The van der Waals surface area contributed by atoms with Crippen LogP contribution in [0.4, 0.5) is 5.69 Å². The lowest BCUT2D eigenvalue weighted by Gasteiger charge is -2.28. The maximum atomic E-state index is 5.38. The third-order valence-electron chi connectivity index (χ3n) is 3.64. The molecule has 1 aromatic carbocycles. The Kier molecular flexibility index (Phi) is 6.28. The Morgan fingerprint density at radius 2 is 2.05 bits per heavy atom. The highest BCUT2D eigenvalue weighted by Gasteiger charge is 2.10. The van der Waals surface area contributed by atoms with Gasteiger partial charge in [-0.15, -0.1) is 6.58 Å². The maximum absolute atomic E-state index is 5.38. The summed E-state index contributed by atoms with van der Waals surface area (Å²) >= 11 is 0. The number of morpholine rings is 1. The summed E-state index contributed by atoms with van der Waals surface area (Å²) in [5.41, 5.74) is 2.50. The number of nitrogens with zero attached hydrogens (tertiary/aromatic N) is 2. The van der Waals surface area contributed by atoms with E-state index in [1.54, 1.807) is 0 Å². The molecule has 0 aromatic heterocycles. The molecule has 0 amide bonds. The molecule has 1 N–H and O–H groups in total. The Morgan fingerprint density at radius 1 is 1.33 bits per heavy atom. The van der Waals surface area contributed by atoms with Gasteiger partial charge in [0, 0.05) is 32.2 Å². The lowest BCUT2D eigenvalue weighted by molar-refractivity contribution is 0.122. The molecule has 1 aliphatic rings. The summed E-state index contributed by atoms with van der Waals surface area (Å²) in [6.07, 6.45) is 3.80. The van der Waals surface area contributed by atoms with Crippen molar-refractivity contribution in [1.82, 2.24) is 5.32 Å². The molecule has 1 saturated heterocycles. The Balaban J connectivity index is 1.92. The van der Waals surface area contributed by atoms with Gasteiger partial charge in [0.25, 0.3) is 0 Å². The van der Waals surface area contributed by atoms with E-state index >= 15 is 0 Å². The molecule has 1 fully saturated rings. The number of benzene rings is 1. The zero-order valence-corrected chi connectivity index (χ0v) is 12.8. The number of allylic oxidation sites excluding steroid dienone is 1. The average molecular weight is 287 g/mol. The van der Waals surface area contributed by atoms with Crippen LogP contribution in [0.15, 0.2) is 41.9 Å². The van der Waals surface area contributed by atoms with Crippen molar-refractivity contribution in [3.63, 3.8) is 0 Å². The molecule has 114 valence electrons. The maximum Gasteiger partial charge on any atom is 0.0967 e.